The van der Waals surface area contributed by atoms with E-state index in [0.29, 0.717) is 22.5 Å². The topological polar surface area (TPSA) is 79.4 Å². The maximum atomic E-state index is 11.3. The molecule has 1 atom stereocenters. The van der Waals surface area contributed by atoms with Gasteiger partial charge in [-0.3, -0.25) is 4.79 Å². The number of benzene rings is 1. The smallest absolute Gasteiger partial charge is 0.229 e. The third kappa shape index (κ3) is 3.83. The van der Waals surface area contributed by atoms with E-state index in [1.165, 1.54) is 6.20 Å². The highest BCUT2D eigenvalue weighted by atomic mass is 35.5. The standard InChI is InChI=1S/C18H22ClN5O2/c1-20-17-13(19)10-21-18(23-17)22-14-7-6-12(9-16(14)26-2)15-5-3-4-8-24(15)11-25/h6-7,9-11,15H,3-5,8H2,1-2H3,(H2,20,21,22,23). The fraction of sp³-hybridized carbons (Fsp3) is 0.389. The lowest BCUT2D eigenvalue weighted by atomic mass is 9.95. The fourth-order valence-corrected chi connectivity index (χ4v) is 3.37. The van der Waals surface area contributed by atoms with Crippen LogP contribution in [0, 0.1) is 0 Å². The van der Waals surface area contributed by atoms with Crippen LogP contribution in [0.5, 0.6) is 5.75 Å². The van der Waals surface area contributed by atoms with Crippen molar-refractivity contribution in [3.05, 3.63) is 35.0 Å². The zero-order chi connectivity index (χ0) is 18.5. The van der Waals surface area contributed by atoms with E-state index in [2.05, 4.69) is 20.6 Å². The number of carbonyl (C=O) groups is 1. The molecule has 3 rings (SSSR count). The number of amides is 1. The molecule has 7 nitrogen and oxygen atoms in total. The number of nitrogens with one attached hydrogen (secondary N) is 2. The first-order chi connectivity index (χ1) is 12.7. The molecule has 1 aromatic carbocycles. The van der Waals surface area contributed by atoms with E-state index in [4.69, 9.17) is 16.3 Å². The van der Waals surface area contributed by atoms with Crippen molar-refractivity contribution in [2.24, 2.45) is 0 Å². The summed E-state index contributed by atoms with van der Waals surface area (Å²) in [5, 5.41) is 6.52. The van der Waals surface area contributed by atoms with Crippen LogP contribution in [0.1, 0.15) is 30.9 Å². The first-order valence-corrected chi connectivity index (χ1v) is 8.90. The normalized spacial score (nSPS) is 16.9. The highest BCUT2D eigenvalue weighted by Crippen LogP contribution is 2.35. The highest BCUT2D eigenvalue weighted by Gasteiger charge is 2.23. The molecule has 8 heteroatoms. The Labute approximate surface area is 157 Å². The monoisotopic (exact) mass is 375 g/mol. The summed E-state index contributed by atoms with van der Waals surface area (Å²) in [6, 6.07) is 5.98. The average Bonchev–Trinajstić information content (AvgIpc) is 2.69. The first-order valence-electron chi connectivity index (χ1n) is 8.52. The Morgan fingerprint density at radius 3 is 2.96 bits per heavy atom. The first kappa shape index (κ1) is 18.3. The molecule has 0 saturated carbocycles. The van der Waals surface area contributed by atoms with Gasteiger partial charge in [-0.25, -0.2) is 4.98 Å². The summed E-state index contributed by atoms with van der Waals surface area (Å²) in [5.74, 6) is 1.63. The summed E-state index contributed by atoms with van der Waals surface area (Å²) < 4.78 is 5.53. The lowest BCUT2D eigenvalue weighted by Gasteiger charge is -2.33. The number of hydrogen-bond donors (Lipinski definition) is 2. The van der Waals surface area contributed by atoms with Crippen LogP contribution in [0.4, 0.5) is 17.5 Å². The van der Waals surface area contributed by atoms with Crippen molar-refractivity contribution >= 4 is 35.5 Å². The van der Waals surface area contributed by atoms with Gasteiger partial charge in [0.05, 0.1) is 25.0 Å². The number of ether oxygens (including phenoxy) is 1. The predicted octanol–water partition coefficient (Wildman–Crippen LogP) is 3.61. The Morgan fingerprint density at radius 1 is 1.38 bits per heavy atom. The third-order valence-electron chi connectivity index (χ3n) is 4.52. The Bertz CT molecular complexity index is 786. The van der Waals surface area contributed by atoms with Gasteiger partial charge in [0.2, 0.25) is 12.4 Å². The maximum Gasteiger partial charge on any atom is 0.229 e. The van der Waals surface area contributed by atoms with E-state index in [0.717, 1.165) is 43.5 Å². The molecule has 1 aliphatic heterocycles. The molecule has 1 aromatic heterocycles. The second kappa shape index (κ2) is 8.23. The van der Waals surface area contributed by atoms with E-state index < -0.39 is 0 Å². The molecule has 0 radical (unpaired) electrons. The van der Waals surface area contributed by atoms with E-state index in [1.54, 1.807) is 14.2 Å². The van der Waals surface area contributed by atoms with E-state index in [1.807, 2.05) is 23.1 Å². The van der Waals surface area contributed by atoms with Crippen molar-refractivity contribution in [1.29, 1.82) is 0 Å². The molecule has 138 valence electrons. The largest absolute Gasteiger partial charge is 0.495 e. The van der Waals surface area contributed by atoms with Crippen LogP contribution in [0.15, 0.2) is 24.4 Å². The molecule has 1 unspecified atom stereocenters. The van der Waals surface area contributed by atoms with E-state index in [9.17, 15) is 4.79 Å². The lowest BCUT2D eigenvalue weighted by molar-refractivity contribution is -0.121. The highest BCUT2D eigenvalue weighted by molar-refractivity contribution is 6.32. The molecule has 0 aliphatic carbocycles. The number of piperidine rings is 1. The molecular formula is C18H22ClN5O2. The van der Waals surface area contributed by atoms with Crippen LogP contribution < -0.4 is 15.4 Å². The molecule has 2 heterocycles. The number of likely N-dealkylation sites (tertiary alicyclic amines) is 1. The molecular weight excluding hydrogens is 354 g/mol. The SMILES string of the molecule is CNc1nc(Nc2ccc(C3CCCCN3C=O)cc2OC)ncc1Cl. The van der Waals surface area contributed by atoms with Gasteiger partial charge in [-0.05, 0) is 37.0 Å². The molecule has 1 amide bonds. The maximum absolute atomic E-state index is 11.3. The minimum atomic E-state index is 0.0897. The number of aromatic nitrogens is 2. The molecule has 26 heavy (non-hydrogen) atoms. The molecule has 1 saturated heterocycles. The molecule has 0 bridgehead atoms. The van der Waals surface area contributed by atoms with Gasteiger partial charge in [-0.1, -0.05) is 17.7 Å². The number of halogens is 1. The van der Waals surface area contributed by atoms with Gasteiger partial charge >= 0.3 is 0 Å². The van der Waals surface area contributed by atoms with Gasteiger partial charge < -0.3 is 20.3 Å². The zero-order valence-corrected chi connectivity index (χ0v) is 15.6. The van der Waals surface area contributed by atoms with Crippen LogP contribution in [-0.4, -0.2) is 42.0 Å². The molecule has 1 fully saturated rings. The van der Waals surface area contributed by atoms with Gasteiger partial charge in [-0.15, -0.1) is 0 Å². The summed E-state index contributed by atoms with van der Waals surface area (Å²) in [4.78, 5) is 21.7. The lowest BCUT2D eigenvalue weighted by Crippen LogP contribution is -2.32. The minimum absolute atomic E-state index is 0.0897. The second-order valence-corrected chi connectivity index (χ2v) is 6.49. The van der Waals surface area contributed by atoms with Crippen molar-refractivity contribution in [3.63, 3.8) is 0 Å². The Balaban J connectivity index is 1.86. The Kier molecular flexibility index (Phi) is 5.78. The van der Waals surface area contributed by atoms with Crippen LogP contribution in [0.25, 0.3) is 0 Å². The van der Waals surface area contributed by atoms with Crippen LogP contribution in [-0.2, 0) is 4.79 Å². The summed E-state index contributed by atoms with van der Waals surface area (Å²) in [5.41, 5.74) is 1.81. The number of nitrogens with zero attached hydrogens (tertiary/aromatic N) is 3. The number of hydrogen-bond acceptors (Lipinski definition) is 6. The van der Waals surface area contributed by atoms with Crippen molar-refractivity contribution < 1.29 is 9.53 Å². The van der Waals surface area contributed by atoms with Gasteiger partial charge in [0, 0.05) is 13.6 Å². The van der Waals surface area contributed by atoms with E-state index >= 15 is 0 Å². The average molecular weight is 376 g/mol. The van der Waals surface area contributed by atoms with Gasteiger partial charge in [0.15, 0.2) is 0 Å². The number of methoxy groups -OCH3 is 1. The van der Waals surface area contributed by atoms with Gasteiger partial charge in [0.25, 0.3) is 0 Å². The van der Waals surface area contributed by atoms with Crippen LogP contribution in [0.2, 0.25) is 5.02 Å². The Hall–Kier alpha value is -2.54. The van der Waals surface area contributed by atoms with Gasteiger partial charge in [-0.2, -0.15) is 4.98 Å². The summed E-state index contributed by atoms with van der Waals surface area (Å²) in [6.45, 7) is 0.794. The molecule has 1 aliphatic rings. The number of rotatable bonds is 6. The quantitative estimate of drug-likeness (QED) is 0.751. The zero-order valence-electron chi connectivity index (χ0n) is 14.8. The summed E-state index contributed by atoms with van der Waals surface area (Å²) in [6.07, 6.45) is 5.59. The van der Waals surface area contributed by atoms with Crippen LogP contribution >= 0.6 is 11.6 Å². The number of anilines is 3. The molecule has 2 N–H and O–H groups in total. The van der Waals surface area contributed by atoms with Crippen molar-refractivity contribution in [3.8, 4) is 5.75 Å². The predicted molar refractivity (Wildman–Crippen MR) is 102 cm³/mol. The molecule has 2 aromatic rings. The summed E-state index contributed by atoms with van der Waals surface area (Å²) >= 11 is 6.02. The van der Waals surface area contributed by atoms with Gasteiger partial charge in [0.1, 0.15) is 16.6 Å². The Morgan fingerprint density at radius 2 is 2.23 bits per heavy atom. The minimum Gasteiger partial charge on any atom is -0.495 e. The van der Waals surface area contributed by atoms with E-state index in [-0.39, 0.29) is 6.04 Å². The van der Waals surface area contributed by atoms with Crippen molar-refractivity contribution in [1.82, 2.24) is 14.9 Å². The fourth-order valence-electron chi connectivity index (χ4n) is 3.18. The second-order valence-electron chi connectivity index (χ2n) is 6.08. The summed E-state index contributed by atoms with van der Waals surface area (Å²) in [7, 11) is 3.36. The van der Waals surface area contributed by atoms with Crippen molar-refractivity contribution in [2.45, 2.75) is 25.3 Å². The number of carbonyl (C=O) groups excluding carboxylic acids is 1. The van der Waals surface area contributed by atoms with Crippen LogP contribution in [0.3, 0.4) is 0 Å². The van der Waals surface area contributed by atoms with Crippen molar-refractivity contribution in [2.75, 3.05) is 31.3 Å². The third-order valence-corrected chi connectivity index (χ3v) is 4.79. The molecule has 0 spiro atoms.